The summed E-state index contributed by atoms with van der Waals surface area (Å²) in [6, 6.07) is 7.22. The van der Waals surface area contributed by atoms with Crippen LogP contribution in [0.15, 0.2) is 24.3 Å². The first-order valence-corrected chi connectivity index (χ1v) is 10.3. The molecule has 1 aromatic carbocycles. The second-order valence-corrected chi connectivity index (χ2v) is 8.21. The molecule has 1 aliphatic rings. The second-order valence-electron chi connectivity index (χ2n) is 7.11. The summed E-state index contributed by atoms with van der Waals surface area (Å²) in [6.45, 7) is 0. The molecule has 0 saturated carbocycles. The molecule has 0 atom stereocenters. The van der Waals surface area contributed by atoms with E-state index in [4.69, 9.17) is 0 Å². The molecule has 1 heterocycles. The van der Waals surface area contributed by atoms with Crippen molar-refractivity contribution in [1.29, 1.82) is 0 Å². The van der Waals surface area contributed by atoms with E-state index in [1.807, 2.05) is 31.1 Å². The first-order valence-electron chi connectivity index (χ1n) is 9.53. The van der Waals surface area contributed by atoms with Gasteiger partial charge in [0, 0.05) is 30.2 Å². The van der Waals surface area contributed by atoms with Crippen molar-refractivity contribution in [1.82, 2.24) is 5.32 Å². The highest BCUT2D eigenvalue weighted by atomic mass is 32.1. The largest absolute Gasteiger partial charge is 0.453 e. The molecule has 8 heteroatoms. The number of rotatable bonds is 4. The van der Waals surface area contributed by atoms with Crippen LogP contribution < -0.4 is 15.5 Å². The van der Waals surface area contributed by atoms with Crippen LogP contribution in [0.4, 0.5) is 15.5 Å². The highest BCUT2D eigenvalue weighted by Gasteiger charge is 2.27. The average Bonchev–Trinajstić information content (AvgIpc) is 2.88. The number of fused-ring (bicyclic) bond motifs is 1. The summed E-state index contributed by atoms with van der Waals surface area (Å²) in [4.78, 5) is 40.1. The Bertz CT molecular complexity index is 919. The topological polar surface area (TPSA) is 87.7 Å². The first-order chi connectivity index (χ1) is 13.9. The van der Waals surface area contributed by atoms with E-state index in [-0.39, 0.29) is 5.91 Å². The third-order valence-corrected chi connectivity index (χ3v) is 6.13. The van der Waals surface area contributed by atoms with Crippen LogP contribution in [0.1, 0.15) is 50.4 Å². The maximum absolute atomic E-state index is 12.8. The lowest BCUT2D eigenvalue weighted by Crippen LogP contribution is -2.31. The van der Waals surface area contributed by atoms with E-state index in [1.54, 1.807) is 12.1 Å². The molecule has 0 saturated heterocycles. The van der Waals surface area contributed by atoms with E-state index in [9.17, 15) is 14.4 Å². The fourth-order valence-corrected chi connectivity index (χ4v) is 4.65. The quantitative estimate of drug-likeness (QED) is 0.741. The number of hydrogen-bond donors (Lipinski definition) is 2. The molecule has 0 aliphatic heterocycles. The van der Waals surface area contributed by atoms with Crippen LogP contribution in [0.5, 0.6) is 0 Å². The smallest absolute Gasteiger partial charge is 0.413 e. The summed E-state index contributed by atoms with van der Waals surface area (Å²) < 4.78 is 4.55. The lowest BCUT2D eigenvalue weighted by atomic mass is 10.0. The van der Waals surface area contributed by atoms with Gasteiger partial charge in [0.1, 0.15) is 5.00 Å². The Labute approximate surface area is 174 Å². The van der Waals surface area contributed by atoms with Gasteiger partial charge in [-0.1, -0.05) is 6.42 Å². The molecular weight excluding hydrogens is 390 g/mol. The zero-order valence-corrected chi connectivity index (χ0v) is 17.6. The van der Waals surface area contributed by atoms with Crippen LogP contribution in [0, 0.1) is 0 Å². The van der Waals surface area contributed by atoms with Gasteiger partial charge < -0.3 is 15.0 Å². The highest BCUT2D eigenvalue weighted by molar-refractivity contribution is 7.17. The van der Waals surface area contributed by atoms with Crippen molar-refractivity contribution in [2.45, 2.75) is 32.1 Å². The molecular formula is C21H25N3O4S. The second kappa shape index (κ2) is 9.09. The molecule has 0 radical (unpaired) electrons. The Hall–Kier alpha value is -2.87. The van der Waals surface area contributed by atoms with Gasteiger partial charge in [-0.3, -0.25) is 14.9 Å². The van der Waals surface area contributed by atoms with Crippen molar-refractivity contribution in [3.05, 3.63) is 45.8 Å². The van der Waals surface area contributed by atoms with E-state index in [1.165, 1.54) is 18.4 Å². The monoisotopic (exact) mass is 415 g/mol. The number of ether oxygens (including phenoxy) is 1. The van der Waals surface area contributed by atoms with Gasteiger partial charge >= 0.3 is 6.09 Å². The van der Waals surface area contributed by atoms with Crippen molar-refractivity contribution in [2.24, 2.45) is 0 Å². The summed E-state index contributed by atoms with van der Waals surface area (Å²) in [6.07, 6.45) is 3.92. The number of aryl methyl sites for hydroxylation is 1. The zero-order valence-electron chi connectivity index (χ0n) is 16.8. The number of imide groups is 1. The van der Waals surface area contributed by atoms with E-state index in [2.05, 4.69) is 15.4 Å². The van der Waals surface area contributed by atoms with Gasteiger partial charge in [0.05, 0.1) is 12.7 Å². The van der Waals surface area contributed by atoms with E-state index < -0.39 is 12.0 Å². The third kappa shape index (κ3) is 4.76. The summed E-state index contributed by atoms with van der Waals surface area (Å²) in [7, 11) is 5.07. The Balaban J connectivity index is 1.90. The van der Waals surface area contributed by atoms with E-state index in [0.29, 0.717) is 16.1 Å². The van der Waals surface area contributed by atoms with Crippen LogP contribution in [0.3, 0.4) is 0 Å². The number of thiophene rings is 1. The van der Waals surface area contributed by atoms with Crippen molar-refractivity contribution < 1.29 is 19.1 Å². The van der Waals surface area contributed by atoms with Crippen molar-refractivity contribution >= 4 is 39.9 Å². The van der Waals surface area contributed by atoms with Crippen LogP contribution in [-0.2, 0) is 17.6 Å². The molecule has 0 bridgehead atoms. The third-order valence-electron chi connectivity index (χ3n) is 4.92. The number of alkyl carbamates (subject to hydrolysis) is 1. The number of amides is 3. The average molecular weight is 416 g/mol. The zero-order chi connectivity index (χ0) is 21.0. The molecule has 2 aromatic rings. The predicted octanol–water partition coefficient (Wildman–Crippen LogP) is 3.83. The molecule has 7 nitrogen and oxygen atoms in total. The molecule has 29 heavy (non-hydrogen) atoms. The maximum atomic E-state index is 12.8. The summed E-state index contributed by atoms with van der Waals surface area (Å²) in [5, 5.41) is 5.58. The summed E-state index contributed by atoms with van der Waals surface area (Å²) in [5.74, 6) is -0.840. The minimum Gasteiger partial charge on any atom is -0.453 e. The van der Waals surface area contributed by atoms with Gasteiger partial charge in [-0.15, -0.1) is 11.3 Å². The lowest BCUT2D eigenvalue weighted by Gasteiger charge is -2.13. The Kier molecular flexibility index (Phi) is 6.53. The molecule has 154 valence electrons. The molecule has 3 rings (SSSR count). The lowest BCUT2D eigenvalue weighted by molar-refractivity contribution is 0.0937. The van der Waals surface area contributed by atoms with Crippen LogP contribution in [0.2, 0.25) is 0 Å². The van der Waals surface area contributed by atoms with Crippen LogP contribution >= 0.6 is 11.3 Å². The fourth-order valence-electron chi connectivity index (χ4n) is 3.36. The van der Waals surface area contributed by atoms with Crippen LogP contribution in [-0.4, -0.2) is 39.1 Å². The normalized spacial score (nSPS) is 13.1. The van der Waals surface area contributed by atoms with E-state index in [0.717, 1.165) is 48.2 Å². The molecule has 3 amide bonds. The van der Waals surface area contributed by atoms with Gasteiger partial charge in [0.25, 0.3) is 11.8 Å². The number of carbonyl (C=O) groups excluding carboxylic acids is 3. The fraction of sp³-hybridized carbons (Fsp3) is 0.381. The van der Waals surface area contributed by atoms with Crippen molar-refractivity contribution in [2.75, 3.05) is 31.4 Å². The molecule has 2 N–H and O–H groups in total. The standard InChI is InChI=1S/C21H25N3O4S/c1-24(2)14-11-9-13(10-12-14)18(25)22-20-17(19(26)23-21(27)28-3)15-7-5-4-6-8-16(15)29-20/h9-12H,4-8H2,1-3H3,(H,22,25)(H,23,26,27). The number of methoxy groups -OCH3 is 1. The molecule has 0 fully saturated rings. The number of hydrogen-bond acceptors (Lipinski definition) is 6. The number of benzene rings is 1. The first kappa shape index (κ1) is 20.9. The Morgan fingerprint density at radius 1 is 1.00 bits per heavy atom. The summed E-state index contributed by atoms with van der Waals surface area (Å²) >= 11 is 1.42. The van der Waals surface area contributed by atoms with Gasteiger partial charge in [0.15, 0.2) is 0 Å². The number of nitrogens with zero attached hydrogens (tertiary/aromatic N) is 1. The molecule has 0 unspecified atom stereocenters. The molecule has 1 aliphatic carbocycles. The van der Waals surface area contributed by atoms with Gasteiger partial charge in [-0.25, -0.2) is 4.79 Å². The highest BCUT2D eigenvalue weighted by Crippen LogP contribution is 2.37. The number of anilines is 2. The van der Waals surface area contributed by atoms with Gasteiger partial charge in [-0.05, 0) is 55.5 Å². The van der Waals surface area contributed by atoms with E-state index >= 15 is 0 Å². The van der Waals surface area contributed by atoms with Crippen molar-refractivity contribution in [3.63, 3.8) is 0 Å². The minimum absolute atomic E-state index is 0.293. The predicted molar refractivity (Wildman–Crippen MR) is 114 cm³/mol. The minimum atomic E-state index is -0.819. The van der Waals surface area contributed by atoms with Gasteiger partial charge in [0.2, 0.25) is 0 Å². The maximum Gasteiger partial charge on any atom is 0.413 e. The Morgan fingerprint density at radius 2 is 1.69 bits per heavy atom. The molecule has 0 spiro atoms. The van der Waals surface area contributed by atoms with Crippen LogP contribution in [0.25, 0.3) is 0 Å². The number of carbonyl (C=O) groups is 3. The SMILES string of the molecule is COC(=O)NC(=O)c1c(NC(=O)c2ccc(N(C)C)cc2)sc2c1CCCCC2. The number of nitrogens with one attached hydrogen (secondary N) is 2. The van der Waals surface area contributed by atoms with Crippen molar-refractivity contribution in [3.8, 4) is 0 Å². The molecule has 1 aromatic heterocycles. The Morgan fingerprint density at radius 3 is 2.34 bits per heavy atom. The summed E-state index contributed by atoms with van der Waals surface area (Å²) in [5.41, 5.74) is 2.78. The van der Waals surface area contributed by atoms with Gasteiger partial charge in [-0.2, -0.15) is 0 Å².